The van der Waals surface area contributed by atoms with Gasteiger partial charge in [0.2, 0.25) is 0 Å². The van der Waals surface area contributed by atoms with Crippen LogP contribution in [0.2, 0.25) is 0 Å². The average Bonchev–Trinajstić information content (AvgIpc) is 2.45. The van der Waals surface area contributed by atoms with Gasteiger partial charge in [-0.1, -0.05) is 0 Å². The summed E-state index contributed by atoms with van der Waals surface area (Å²) in [5.41, 5.74) is 0. The Hall–Kier alpha value is -0.680. The van der Waals surface area contributed by atoms with Crippen molar-refractivity contribution < 1.29 is 18.9 Å². The van der Waals surface area contributed by atoms with Crippen molar-refractivity contribution in [3.63, 3.8) is 0 Å². The normalized spacial score (nSPS) is 8.78. The van der Waals surface area contributed by atoms with Gasteiger partial charge in [0.25, 0.3) is 0 Å². The molecule has 0 rings (SSSR count). The molecule has 0 aromatic carbocycles. The van der Waals surface area contributed by atoms with Crippen LogP contribution < -0.4 is 0 Å². The van der Waals surface area contributed by atoms with Crippen LogP contribution in [0.1, 0.15) is 13.8 Å². The van der Waals surface area contributed by atoms with E-state index < -0.39 is 0 Å². The van der Waals surface area contributed by atoms with Gasteiger partial charge in [-0.25, -0.2) is 0 Å². The highest BCUT2D eigenvalue weighted by molar-refractivity contribution is 4.33. The molecule has 0 bridgehead atoms. The van der Waals surface area contributed by atoms with Gasteiger partial charge in [-0.2, -0.15) is 0 Å². The Bertz CT molecular complexity index is 106. The second-order valence-electron chi connectivity index (χ2n) is 2.62. The Labute approximate surface area is 113 Å². The highest BCUT2D eigenvalue weighted by Gasteiger charge is 1.90. The summed E-state index contributed by atoms with van der Waals surface area (Å²) in [6.45, 7) is 21.3. The summed E-state index contributed by atoms with van der Waals surface area (Å²) in [5.74, 6) is 0. The van der Waals surface area contributed by atoms with Crippen LogP contribution in [0.25, 0.3) is 0 Å². The lowest BCUT2D eigenvalue weighted by molar-refractivity contribution is 0.000930. The van der Waals surface area contributed by atoms with Gasteiger partial charge in [-0.05, 0) is 13.8 Å². The SMILES string of the molecule is C=C.C=C.CCOCCOCCOCCOCC. The number of ether oxygens (including phenoxy) is 4. The summed E-state index contributed by atoms with van der Waals surface area (Å²) in [7, 11) is 0. The van der Waals surface area contributed by atoms with E-state index in [0.717, 1.165) is 13.2 Å². The van der Waals surface area contributed by atoms with Crippen molar-refractivity contribution in [1.82, 2.24) is 0 Å². The van der Waals surface area contributed by atoms with Crippen molar-refractivity contribution in [2.75, 3.05) is 52.9 Å². The average molecular weight is 262 g/mol. The van der Waals surface area contributed by atoms with Crippen molar-refractivity contribution in [2.45, 2.75) is 13.8 Å². The van der Waals surface area contributed by atoms with Gasteiger partial charge in [-0.15, -0.1) is 26.3 Å². The molecule has 0 aromatic heterocycles. The zero-order chi connectivity index (χ0) is 14.5. The van der Waals surface area contributed by atoms with Crippen molar-refractivity contribution in [2.24, 2.45) is 0 Å². The lowest BCUT2D eigenvalue weighted by Gasteiger charge is -2.05. The minimum Gasteiger partial charge on any atom is -0.379 e. The molecule has 18 heavy (non-hydrogen) atoms. The zero-order valence-electron chi connectivity index (χ0n) is 12.1. The summed E-state index contributed by atoms with van der Waals surface area (Å²) in [4.78, 5) is 0. The van der Waals surface area contributed by atoms with E-state index in [2.05, 4.69) is 26.3 Å². The fourth-order valence-electron chi connectivity index (χ4n) is 0.846. The topological polar surface area (TPSA) is 36.9 Å². The highest BCUT2D eigenvalue weighted by Crippen LogP contribution is 1.81. The molecule has 0 saturated heterocycles. The summed E-state index contributed by atoms with van der Waals surface area (Å²) >= 11 is 0. The van der Waals surface area contributed by atoms with Gasteiger partial charge in [0.05, 0.1) is 39.6 Å². The highest BCUT2D eigenvalue weighted by atomic mass is 16.6. The first-order chi connectivity index (χ1) is 8.91. The second kappa shape index (κ2) is 29.9. The largest absolute Gasteiger partial charge is 0.379 e. The van der Waals surface area contributed by atoms with Gasteiger partial charge >= 0.3 is 0 Å². The molecular formula is C14H30O4. The van der Waals surface area contributed by atoms with Crippen LogP contribution in [0.3, 0.4) is 0 Å². The molecule has 0 aliphatic rings. The lowest BCUT2D eigenvalue weighted by Crippen LogP contribution is -2.11. The fourth-order valence-corrected chi connectivity index (χ4v) is 0.846. The predicted molar refractivity (Wildman–Crippen MR) is 77.1 cm³/mol. The number of hydrogen-bond donors (Lipinski definition) is 0. The molecule has 0 unspecified atom stereocenters. The maximum absolute atomic E-state index is 5.25. The van der Waals surface area contributed by atoms with E-state index in [1.54, 1.807) is 0 Å². The standard InChI is InChI=1S/C10H22O4.2C2H4/c1-3-11-5-7-13-9-10-14-8-6-12-4-2;2*1-2/h3-10H2,1-2H3;2*1-2H2. The van der Waals surface area contributed by atoms with Crippen LogP contribution in [0, 0.1) is 0 Å². The molecule has 0 atom stereocenters. The quantitative estimate of drug-likeness (QED) is 0.424. The molecule has 0 aliphatic heterocycles. The Morgan fingerprint density at radius 2 is 0.722 bits per heavy atom. The van der Waals surface area contributed by atoms with Crippen LogP contribution >= 0.6 is 0 Å². The molecule has 0 saturated carbocycles. The van der Waals surface area contributed by atoms with Crippen LogP contribution in [-0.4, -0.2) is 52.9 Å². The first-order valence-electron chi connectivity index (χ1n) is 6.22. The first-order valence-corrected chi connectivity index (χ1v) is 6.22. The van der Waals surface area contributed by atoms with Gasteiger partial charge in [0, 0.05) is 13.2 Å². The van der Waals surface area contributed by atoms with E-state index in [1.165, 1.54) is 0 Å². The molecule has 0 spiro atoms. The van der Waals surface area contributed by atoms with Crippen molar-refractivity contribution in [3.05, 3.63) is 26.3 Å². The van der Waals surface area contributed by atoms with Crippen molar-refractivity contribution >= 4 is 0 Å². The molecule has 0 amide bonds. The van der Waals surface area contributed by atoms with Crippen molar-refractivity contribution in [1.29, 1.82) is 0 Å². The van der Waals surface area contributed by atoms with Crippen LogP contribution in [0.5, 0.6) is 0 Å². The van der Waals surface area contributed by atoms with Gasteiger partial charge < -0.3 is 18.9 Å². The van der Waals surface area contributed by atoms with E-state index in [1.807, 2.05) is 13.8 Å². The zero-order valence-corrected chi connectivity index (χ0v) is 12.1. The Morgan fingerprint density at radius 1 is 0.500 bits per heavy atom. The predicted octanol–water partition coefficient (Wildman–Crippen LogP) is 2.70. The molecular weight excluding hydrogens is 232 g/mol. The second-order valence-corrected chi connectivity index (χ2v) is 2.62. The van der Waals surface area contributed by atoms with E-state index in [9.17, 15) is 0 Å². The first kappa shape index (κ1) is 22.5. The summed E-state index contributed by atoms with van der Waals surface area (Å²) in [6, 6.07) is 0. The van der Waals surface area contributed by atoms with E-state index in [0.29, 0.717) is 39.6 Å². The van der Waals surface area contributed by atoms with Crippen LogP contribution in [0.15, 0.2) is 26.3 Å². The van der Waals surface area contributed by atoms with Crippen LogP contribution in [-0.2, 0) is 18.9 Å². The minimum absolute atomic E-state index is 0.624. The Kier molecular flexibility index (Phi) is 37.4. The molecule has 0 aliphatic carbocycles. The smallest absolute Gasteiger partial charge is 0.0701 e. The molecule has 0 fully saturated rings. The monoisotopic (exact) mass is 262 g/mol. The van der Waals surface area contributed by atoms with Crippen molar-refractivity contribution in [3.8, 4) is 0 Å². The molecule has 0 aromatic rings. The molecule has 0 heterocycles. The maximum atomic E-state index is 5.25. The summed E-state index contributed by atoms with van der Waals surface area (Å²) in [6.07, 6.45) is 0. The summed E-state index contributed by atoms with van der Waals surface area (Å²) < 4.78 is 20.7. The van der Waals surface area contributed by atoms with Crippen LogP contribution in [0.4, 0.5) is 0 Å². The Balaban J connectivity index is -0.000000506. The maximum Gasteiger partial charge on any atom is 0.0701 e. The Morgan fingerprint density at radius 3 is 0.944 bits per heavy atom. The number of rotatable bonds is 11. The van der Waals surface area contributed by atoms with Gasteiger partial charge in [0.1, 0.15) is 0 Å². The molecule has 4 heteroatoms. The molecule has 4 nitrogen and oxygen atoms in total. The lowest BCUT2D eigenvalue weighted by atomic mass is 10.7. The number of hydrogen-bond acceptors (Lipinski definition) is 4. The molecule has 110 valence electrons. The molecule has 0 radical (unpaired) electrons. The third kappa shape index (κ3) is 29.5. The third-order valence-corrected chi connectivity index (χ3v) is 1.52. The fraction of sp³-hybridized carbons (Fsp3) is 0.714. The summed E-state index contributed by atoms with van der Waals surface area (Å²) in [5, 5.41) is 0. The van der Waals surface area contributed by atoms with E-state index in [4.69, 9.17) is 18.9 Å². The van der Waals surface area contributed by atoms with Gasteiger partial charge in [-0.3, -0.25) is 0 Å². The minimum atomic E-state index is 0.624. The van der Waals surface area contributed by atoms with Gasteiger partial charge in [0.15, 0.2) is 0 Å². The van der Waals surface area contributed by atoms with E-state index in [-0.39, 0.29) is 0 Å². The third-order valence-electron chi connectivity index (χ3n) is 1.52. The molecule has 0 N–H and O–H groups in total. The van der Waals surface area contributed by atoms with E-state index >= 15 is 0 Å².